The molecule has 0 rings (SSSR count). The van der Waals surface area contributed by atoms with E-state index in [1.165, 1.54) is 89.9 Å². The van der Waals surface area contributed by atoms with Crippen LogP contribution in [0.2, 0.25) is 6.04 Å². The predicted octanol–water partition coefficient (Wildman–Crippen LogP) is 7.94. The average molecular weight is 491 g/mol. The lowest BCUT2D eigenvalue weighted by molar-refractivity contribution is 0.0411. The normalized spacial score (nSPS) is 12.0. The van der Waals surface area contributed by atoms with Crippen LogP contribution in [0.3, 0.4) is 0 Å². The standard InChI is InChI=1S/C27H58O5Si/c1-5-9-10-11-12-13-14-15-16-17-18-19-20-21-23-28-25-26-29-24-22-27-33(30-6-2,31-7-3)32-8-4/h5-27H2,1-4H3. The van der Waals surface area contributed by atoms with Gasteiger partial charge < -0.3 is 22.8 Å². The zero-order valence-corrected chi connectivity index (χ0v) is 23.8. The van der Waals surface area contributed by atoms with Crippen molar-refractivity contribution in [3.63, 3.8) is 0 Å². The van der Waals surface area contributed by atoms with Crippen LogP contribution in [0.25, 0.3) is 0 Å². The molecule has 0 bridgehead atoms. The molecule has 0 aliphatic carbocycles. The van der Waals surface area contributed by atoms with Crippen molar-refractivity contribution in [2.75, 3.05) is 46.2 Å². The van der Waals surface area contributed by atoms with E-state index in [1.807, 2.05) is 20.8 Å². The molecule has 0 radical (unpaired) electrons. The summed E-state index contributed by atoms with van der Waals surface area (Å²) in [5.74, 6) is 0. The Morgan fingerprint density at radius 3 is 1.15 bits per heavy atom. The van der Waals surface area contributed by atoms with E-state index in [2.05, 4.69) is 6.92 Å². The molecule has 0 amide bonds. The van der Waals surface area contributed by atoms with Gasteiger partial charge in [0.1, 0.15) is 0 Å². The molecule has 0 spiro atoms. The van der Waals surface area contributed by atoms with Gasteiger partial charge in [0.2, 0.25) is 0 Å². The van der Waals surface area contributed by atoms with Crippen LogP contribution < -0.4 is 0 Å². The fourth-order valence-corrected chi connectivity index (χ4v) is 6.69. The van der Waals surface area contributed by atoms with Crippen LogP contribution in [0, 0.1) is 0 Å². The van der Waals surface area contributed by atoms with Crippen LogP contribution in [-0.4, -0.2) is 55.1 Å². The van der Waals surface area contributed by atoms with Gasteiger partial charge in [-0.1, -0.05) is 90.4 Å². The average Bonchev–Trinajstić information content (AvgIpc) is 2.80. The molecular weight excluding hydrogens is 432 g/mol. The first kappa shape index (κ1) is 33.0. The smallest absolute Gasteiger partial charge is 0.379 e. The molecule has 0 N–H and O–H groups in total. The minimum atomic E-state index is -2.52. The van der Waals surface area contributed by atoms with E-state index in [0.717, 1.165) is 19.1 Å². The number of rotatable bonds is 28. The highest BCUT2D eigenvalue weighted by atomic mass is 28.4. The fraction of sp³-hybridized carbons (Fsp3) is 1.00. The maximum atomic E-state index is 5.87. The first-order valence-electron chi connectivity index (χ1n) is 14.3. The summed E-state index contributed by atoms with van der Waals surface area (Å²) < 4.78 is 29.0. The van der Waals surface area contributed by atoms with Crippen LogP contribution in [0.15, 0.2) is 0 Å². The molecule has 6 heteroatoms. The van der Waals surface area contributed by atoms with Crippen molar-refractivity contribution in [2.24, 2.45) is 0 Å². The Labute approximate surface area is 208 Å². The Bertz CT molecular complexity index is 353. The van der Waals surface area contributed by atoms with Crippen LogP contribution in [0.4, 0.5) is 0 Å². The molecule has 0 unspecified atom stereocenters. The molecule has 0 atom stereocenters. The number of hydrogen-bond acceptors (Lipinski definition) is 5. The molecule has 0 aromatic carbocycles. The van der Waals surface area contributed by atoms with Gasteiger partial charge in [0.25, 0.3) is 0 Å². The largest absolute Gasteiger partial charge is 0.501 e. The highest BCUT2D eigenvalue weighted by molar-refractivity contribution is 6.60. The Balaban J connectivity index is 3.35. The summed E-state index contributed by atoms with van der Waals surface area (Å²) in [7, 11) is -2.52. The molecule has 0 fully saturated rings. The van der Waals surface area contributed by atoms with Gasteiger partial charge in [-0.2, -0.15) is 0 Å². The minimum absolute atomic E-state index is 0.625. The van der Waals surface area contributed by atoms with Crippen LogP contribution in [0.1, 0.15) is 124 Å². The summed E-state index contributed by atoms with van der Waals surface area (Å²) in [5.41, 5.74) is 0. The van der Waals surface area contributed by atoms with Gasteiger partial charge in [-0.25, -0.2) is 0 Å². The Kier molecular flexibility index (Phi) is 26.6. The molecule has 0 saturated heterocycles. The quantitative estimate of drug-likeness (QED) is 0.0822. The van der Waals surface area contributed by atoms with Gasteiger partial charge in [0.05, 0.1) is 13.2 Å². The van der Waals surface area contributed by atoms with Gasteiger partial charge in [-0.15, -0.1) is 0 Å². The van der Waals surface area contributed by atoms with Crippen molar-refractivity contribution in [1.82, 2.24) is 0 Å². The fourth-order valence-electron chi connectivity index (χ4n) is 4.11. The van der Waals surface area contributed by atoms with Crippen LogP contribution >= 0.6 is 0 Å². The molecule has 5 nitrogen and oxygen atoms in total. The second-order valence-electron chi connectivity index (χ2n) is 8.91. The van der Waals surface area contributed by atoms with Crippen molar-refractivity contribution in [2.45, 2.75) is 130 Å². The van der Waals surface area contributed by atoms with E-state index >= 15 is 0 Å². The topological polar surface area (TPSA) is 46.2 Å². The van der Waals surface area contributed by atoms with Crippen molar-refractivity contribution in [3.8, 4) is 0 Å². The zero-order valence-electron chi connectivity index (χ0n) is 22.8. The first-order valence-corrected chi connectivity index (χ1v) is 16.2. The van der Waals surface area contributed by atoms with E-state index in [-0.39, 0.29) is 0 Å². The molecule has 0 heterocycles. The van der Waals surface area contributed by atoms with Gasteiger partial charge >= 0.3 is 8.80 Å². The monoisotopic (exact) mass is 490 g/mol. The first-order chi connectivity index (χ1) is 16.2. The summed E-state index contributed by atoms with van der Waals surface area (Å²) >= 11 is 0. The second-order valence-corrected chi connectivity index (χ2v) is 11.6. The van der Waals surface area contributed by atoms with E-state index < -0.39 is 8.80 Å². The Morgan fingerprint density at radius 1 is 0.394 bits per heavy atom. The van der Waals surface area contributed by atoms with Crippen molar-refractivity contribution < 1.29 is 22.8 Å². The summed E-state index contributed by atoms with van der Waals surface area (Å²) in [6, 6.07) is 0.808. The third-order valence-corrected chi connectivity index (χ3v) is 9.03. The summed E-state index contributed by atoms with van der Waals surface area (Å²) in [6.45, 7) is 13.0. The van der Waals surface area contributed by atoms with E-state index in [1.54, 1.807) is 0 Å². The van der Waals surface area contributed by atoms with E-state index in [4.69, 9.17) is 22.8 Å². The zero-order chi connectivity index (χ0) is 24.3. The van der Waals surface area contributed by atoms with Crippen LogP contribution in [0.5, 0.6) is 0 Å². The molecular formula is C27H58O5Si. The number of hydrogen-bond donors (Lipinski definition) is 0. The number of unbranched alkanes of at least 4 members (excludes halogenated alkanes) is 13. The molecule has 0 aliphatic heterocycles. The van der Waals surface area contributed by atoms with E-state index in [0.29, 0.717) is 39.6 Å². The summed E-state index contributed by atoms with van der Waals surface area (Å²) in [6.07, 6.45) is 20.3. The van der Waals surface area contributed by atoms with Crippen LogP contribution in [-0.2, 0) is 22.8 Å². The maximum Gasteiger partial charge on any atom is 0.501 e. The third-order valence-electron chi connectivity index (χ3n) is 5.88. The van der Waals surface area contributed by atoms with Crippen molar-refractivity contribution >= 4 is 8.80 Å². The lowest BCUT2D eigenvalue weighted by Gasteiger charge is -2.28. The molecule has 0 saturated carbocycles. The molecule has 33 heavy (non-hydrogen) atoms. The van der Waals surface area contributed by atoms with Crippen molar-refractivity contribution in [3.05, 3.63) is 0 Å². The van der Waals surface area contributed by atoms with Gasteiger partial charge in [0.15, 0.2) is 0 Å². The van der Waals surface area contributed by atoms with Gasteiger partial charge in [0, 0.05) is 39.1 Å². The predicted molar refractivity (Wildman–Crippen MR) is 142 cm³/mol. The van der Waals surface area contributed by atoms with Crippen molar-refractivity contribution in [1.29, 1.82) is 0 Å². The Morgan fingerprint density at radius 2 is 0.758 bits per heavy atom. The summed E-state index contributed by atoms with van der Waals surface area (Å²) in [4.78, 5) is 0. The Hall–Kier alpha value is 0.0169. The van der Waals surface area contributed by atoms with E-state index in [9.17, 15) is 0 Å². The lowest BCUT2D eigenvalue weighted by Crippen LogP contribution is -2.46. The highest BCUT2D eigenvalue weighted by Crippen LogP contribution is 2.18. The molecule has 200 valence electrons. The molecule has 0 aromatic rings. The molecule has 0 aromatic heterocycles. The summed E-state index contributed by atoms with van der Waals surface area (Å²) in [5, 5.41) is 0. The number of ether oxygens (including phenoxy) is 2. The van der Waals surface area contributed by atoms with Gasteiger partial charge in [-0.3, -0.25) is 0 Å². The van der Waals surface area contributed by atoms with Gasteiger partial charge in [-0.05, 0) is 33.6 Å². The second kappa shape index (κ2) is 26.6. The lowest BCUT2D eigenvalue weighted by atomic mass is 10.0. The minimum Gasteiger partial charge on any atom is -0.379 e. The third kappa shape index (κ3) is 22.2. The maximum absolute atomic E-state index is 5.87. The highest BCUT2D eigenvalue weighted by Gasteiger charge is 2.39. The SMILES string of the molecule is CCCCCCCCCCCCCCCCOCCOCCC[Si](OCC)(OCC)OCC. The molecule has 0 aliphatic rings.